The lowest BCUT2D eigenvalue weighted by molar-refractivity contribution is 0.179. The van der Waals surface area contributed by atoms with E-state index in [2.05, 4.69) is 61.4 Å². The molecule has 29 heavy (non-hydrogen) atoms. The van der Waals surface area contributed by atoms with Crippen LogP contribution >= 0.6 is 11.3 Å². The lowest BCUT2D eigenvalue weighted by Gasteiger charge is -2.30. The van der Waals surface area contributed by atoms with Crippen LogP contribution in [0.15, 0.2) is 16.7 Å². The van der Waals surface area contributed by atoms with E-state index >= 15 is 0 Å². The zero-order chi connectivity index (χ0) is 20.5. The van der Waals surface area contributed by atoms with Crippen molar-refractivity contribution >= 4 is 17.3 Å². The van der Waals surface area contributed by atoms with Crippen LogP contribution in [0.2, 0.25) is 0 Å². The third kappa shape index (κ3) is 6.78. The highest BCUT2D eigenvalue weighted by atomic mass is 32.1. The van der Waals surface area contributed by atoms with Gasteiger partial charge in [-0.1, -0.05) is 6.92 Å². The number of aromatic nitrogens is 4. The molecule has 3 rings (SSSR count). The number of aliphatic imine (C=N–C) groups is 1. The Hall–Kier alpha value is -2.00. The van der Waals surface area contributed by atoms with Crippen molar-refractivity contribution in [2.24, 2.45) is 10.9 Å². The molecule has 8 nitrogen and oxygen atoms in total. The molecule has 2 aromatic rings. The molecule has 0 spiro atoms. The summed E-state index contributed by atoms with van der Waals surface area (Å²) in [6.45, 7) is 12.9. The van der Waals surface area contributed by atoms with Gasteiger partial charge in [0.2, 0.25) is 0 Å². The maximum atomic E-state index is 4.84. The second-order valence-corrected chi connectivity index (χ2v) is 8.58. The molecule has 0 atom stereocenters. The molecule has 1 saturated heterocycles. The number of guanidine groups is 1. The molecule has 2 N–H and O–H groups in total. The maximum absolute atomic E-state index is 4.84. The molecule has 9 heteroatoms. The Morgan fingerprint density at radius 3 is 2.79 bits per heavy atom. The molecule has 0 bridgehead atoms. The van der Waals surface area contributed by atoms with Crippen molar-refractivity contribution in [1.29, 1.82) is 0 Å². The fraction of sp³-hybridized carbons (Fsp3) is 0.700. The largest absolute Gasteiger partial charge is 0.357 e. The molecule has 0 amide bonds. The van der Waals surface area contributed by atoms with Gasteiger partial charge in [-0.05, 0) is 45.7 Å². The van der Waals surface area contributed by atoms with Gasteiger partial charge in [0.05, 0.1) is 10.7 Å². The summed E-state index contributed by atoms with van der Waals surface area (Å²) in [5, 5.41) is 18.3. The Morgan fingerprint density at radius 1 is 1.28 bits per heavy atom. The first-order chi connectivity index (χ1) is 14.2. The molecule has 0 aliphatic carbocycles. The molecule has 2 aromatic heterocycles. The number of hydrogen-bond donors (Lipinski definition) is 2. The van der Waals surface area contributed by atoms with Crippen molar-refractivity contribution < 1.29 is 0 Å². The zero-order valence-corrected chi connectivity index (χ0v) is 18.7. The minimum absolute atomic E-state index is 0.656. The first kappa shape index (κ1) is 21.7. The second kappa shape index (κ2) is 11.3. The number of nitrogens with zero attached hydrogens (tertiary/aromatic N) is 6. The summed E-state index contributed by atoms with van der Waals surface area (Å²) in [6, 6.07) is 0. The van der Waals surface area contributed by atoms with E-state index in [9.17, 15) is 0 Å². The smallest absolute Gasteiger partial charge is 0.191 e. The molecule has 1 aliphatic heterocycles. The van der Waals surface area contributed by atoms with Crippen LogP contribution in [0, 0.1) is 12.8 Å². The van der Waals surface area contributed by atoms with Crippen molar-refractivity contribution in [1.82, 2.24) is 35.3 Å². The highest BCUT2D eigenvalue weighted by molar-refractivity contribution is 7.09. The number of thiazole rings is 1. The van der Waals surface area contributed by atoms with Gasteiger partial charge in [-0.25, -0.2) is 4.98 Å². The van der Waals surface area contributed by atoms with Gasteiger partial charge in [0.1, 0.15) is 12.2 Å². The van der Waals surface area contributed by atoms with Crippen LogP contribution in [0.4, 0.5) is 0 Å². The average molecular weight is 419 g/mol. The van der Waals surface area contributed by atoms with Crippen molar-refractivity contribution in [3.05, 3.63) is 28.2 Å². The molecule has 160 valence electrons. The fourth-order valence-corrected chi connectivity index (χ4v) is 4.24. The Labute approximate surface area is 177 Å². The highest BCUT2D eigenvalue weighted by Crippen LogP contribution is 2.20. The molecule has 1 fully saturated rings. The standard InChI is InChI=1S/C20H34N8S/c1-4-19-26-24-15-28(19)11-8-22-20(21-5-2)23-12-17-6-9-27(10-7-17)13-18-14-29-16(3)25-18/h14-15,17H,4-13H2,1-3H3,(H2,21,22,23). The first-order valence-electron chi connectivity index (χ1n) is 10.7. The van der Waals surface area contributed by atoms with Crippen LogP contribution < -0.4 is 10.6 Å². The SMILES string of the molecule is CCNC(=NCC1CCN(Cc2csc(C)n2)CC1)NCCn1cnnc1CC. The first-order valence-corrected chi connectivity index (χ1v) is 11.6. The van der Waals surface area contributed by atoms with Crippen LogP contribution in [0.1, 0.15) is 43.2 Å². The minimum Gasteiger partial charge on any atom is -0.357 e. The number of piperidine rings is 1. The summed E-state index contributed by atoms with van der Waals surface area (Å²) in [5.41, 5.74) is 1.21. The van der Waals surface area contributed by atoms with Crippen LogP contribution in [-0.4, -0.2) is 63.3 Å². The molecule has 0 radical (unpaired) electrons. The van der Waals surface area contributed by atoms with Crippen molar-refractivity contribution in [3.63, 3.8) is 0 Å². The predicted octanol–water partition coefficient (Wildman–Crippen LogP) is 2.07. The van der Waals surface area contributed by atoms with Gasteiger partial charge in [0.15, 0.2) is 5.96 Å². The summed E-state index contributed by atoms with van der Waals surface area (Å²) in [7, 11) is 0. The Balaban J connectivity index is 1.40. The van der Waals surface area contributed by atoms with E-state index in [1.54, 1.807) is 17.7 Å². The molecule has 0 saturated carbocycles. The van der Waals surface area contributed by atoms with Gasteiger partial charge < -0.3 is 15.2 Å². The summed E-state index contributed by atoms with van der Waals surface area (Å²) in [4.78, 5) is 11.9. The monoisotopic (exact) mass is 418 g/mol. The van der Waals surface area contributed by atoms with E-state index in [0.717, 1.165) is 69.0 Å². The summed E-state index contributed by atoms with van der Waals surface area (Å²) in [5.74, 6) is 2.58. The number of likely N-dealkylation sites (tertiary alicyclic amines) is 1. The number of aryl methyl sites for hydroxylation is 2. The van der Waals surface area contributed by atoms with Crippen molar-refractivity contribution in [2.75, 3.05) is 32.7 Å². The van der Waals surface area contributed by atoms with E-state index in [-0.39, 0.29) is 0 Å². The molecular weight excluding hydrogens is 384 g/mol. The lowest BCUT2D eigenvalue weighted by atomic mass is 9.97. The van der Waals surface area contributed by atoms with Crippen LogP contribution in [0.25, 0.3) is 0 Å². The van der Waals surface area contributed by atoms with E-state index < -0.39 is 0 Å². The minimum atomic E-state index is 0.656. The van der Waals surface area contributed by atoms with E-state index in [1.165, 1.54) is 18.5 Å². The van der Waals surface area contributed by atoms with Gasteiger partial charge in [0, 0.05) is 44.5 Å². The van der Waals surface area contributed by atoms with Gasteiger partial charge in [-0.3, -0.25) is 9.89 Å². The van der Waals surface area contributed by atoms with Crippen LogP contribution in [0.5, 0.6) is 0 Å². The number of hydrogen-bond acceptors (Lipinski definition) is 6. The fourth-order valence-electron chi connectivity index (χ4n) is 3.63. The Bertz CT molecular complexity index is 760. The normalized spacial score (nSPS) is 16.3. The quantitative estimate of drug-likeness (QED) is 0.479. The summed E-state index contributed by atoms with van der Waals surface area (Å²) in [6.07, 6.45) is 5.10. The van der Waals surface area contributed by atoms with E-state index in [0.29, 0.717) is 5.92 Å². The Kier molecular flexibility index (Phi) is 8.42. The summed E-state index contributed by atoms with van der Waals surface area (Å²) >= 11 is 1.74. The van der Waals surface area contributed by atoms with Gasteiger partial charge >= 0.3 is 0 Å². The number of rotatable bonds is 9. The second-order valence-electron chi connectivity index (χ2n) is 7.52. The topological polar surface area (TPSA) is 83.3 Å². The third-order valence-corrected chi connectivity index (χ3v) is 6.09. The highest BCUT2D eigenvalue weighted by Gasteiger charge is 2.19. The van der Waals surface area contributed by atoms with Gasteiger partial charge in [0.25, 0.3) is 0 Å². The van der Waals surface area contributed by atoms with Crippen molar-refractivity contribution in [2.45, 2.75) is 53.1 Å². The molecule has 0 unspecified atom stereocenters. The van der Waals surface area contributed by atoms with Gasteiger partial charge in [-0.2, -0.15) is 0 Å². The summed E-state index contributed by atoms with van der Waals surface area (Å²) < 4.78 is 2.09. The zero-order valence-electron chi connectivity index (χ0n) is 17.9. The molecule has 0 aromatic carbocycles. The third-order valence-electron chi connectivity index (χ3n) is 5.27. The van der Waals surface area contributed by atoms with Gasteiger partial charge in [-0.15, -0.1) is 21.5 Å². The van der Waals surface area contributed by atoms with E-state index in [1.807, 2.05) is 0 Å². The molecule has 1 aliphatic rings. The lowest BCUT2D eigenvalue weighted by Crippen LogP contribution is -2.40. The van der Waals surface area contributed by atoms with Crippen LogP contribution in [0.3, 0.4) is 0 Å². The predicted molar refractivity (Wildman–Crippen MR) is 118 cm³/mol. The molecular formula is C20H34N8S. The van der Waals surface area contributed by atoms with Crippen molar-refractivity contribution in [3.8, 4) is 0 Å². The average Bonchev–Trinajstić information content (AvgIpc) is 3.35. The maximum Gasteiger partial charge on any atom is 0.191 e. The van der Waals surface area contributed by atoms with E-state index in [4.69, 9.17) is 4.99 Å². The molecule has 3 heterocycles. The van der Waals surface area contributed by atoms with Crippen LogP contribution in [-0.2, 0) is 19.5 Å². The Morgan fingerprint density at radius 2 is 2.10 bits per heavy atom. The number of nitrogens with one attached hydrogen (secondary N) is 2.